The van der Waals surface area contributed by atoms with Crippen LogP contribution in [0.4, 0.5) is 0 Å². The predicted octanol–water partition coefficient (Wildman–Crippen LogP) is 1.61. The largest absolute Gasteiger partial charge is 0.393 e. The molecule has 13 heavy (non-hydrogen) atoms. The number of aliphatic hydroxyl groups excluding tert-OH is 1. The van der Waals surface area contributed by atoms with Crippen molar-refractivity contribution in [1.82, 2.24) is 9.55 Å². The third-order valence-corrected chi connectivity index (χ3v) is 2.00. The quantitative estimate of drug-likeness (QED) is 0.751. The van der Waals surface area contributed by atoms with Crippen LogP contribution in [0.5, 0.6) is 0 Å². The number of aliphatic hydroxyl groups is 1. The molecule has 1 aromatic heterocycles. The second-order valence-corrected chi connectivity index (χ2v) is 3.49. The van der Waals surface area contributed by atoms with Gasteiger partial charge in [-0.2, -0.15) is 0 Å². The number of imidazole rings is 1. The molecule has 0 aliphatic carbocycles. The highest BCUT2D eigenvalue weighted by molar-refractivity contribution is 4.96. The maximum Gasteiger partial charge on any atom is 0.0949 e. The summed E-state index contributed by atoms with van der Waals surface area (Å²) in [4.78, 5) is 4.27. The van der Waals surface area contributed by atoms with E-state index < -0.39 is 0 Å². The Hall–Kier alpha value is -0.830. The van der Waals surface area contributed by atoms with Gasteiger partial charge in [0.1, 0.15) is 0 Å². The molecule has 1 atom stereocenters. The fraction of sp³-hybridized carbons (Fsp3) is 0.700. The first-order valence-electron chi connectivity index (χ1n) is 4.91. The average Bonchev–Trinajstić information content (AvgIpc) is 2.50. The van der Waals surface area contributed by atoms with Crippen molar-refractivity contribution in [2.75, 3.05) is 0 Å². The Labute approximate surface area is 79.4 Å². The molecule has 0 bridgehead atoms. The number of hydrogen-bond acceptors (Lipinski definition) is 2. The molecule has 0 aliphatic heterocycles. The highest BCUT2D eigenvalue weighted by Crippen LogP contribution is 2.02. The van der Waals surface area contributed by atoms with E-state index in [1.807, 2.05) is 17.8 Å². The number of hydrogen-bond donors (Lipinski definition) is 1. The smallest absolute Gasteiger partial charge is 0.0949 e. The first-order valence-corrected chi connectivity index (χ1v) is 4.91. The summed E-state index contributed by atoms with van der Waals surface area (Å²) < 4.78 is 2.04. The van der Waals surface area contributed by atoms with Gasteiger partial charge in [0.25, 0.3) is 0 Å². The fourth-order valence-corrected chi connectivity index (χ4v) is 1.25. The molecule has 74 valence electrons. The van der Waals surface area contributed by atoms with Crippen LogP contribution < -0.4 is 0 Å². The number of aryl methyl sites for hydroxylation is 2. The monoisotopic (exact) mass is 182 g/mol. The third-order valence-electron chi connectivity index (χ3n) is 2.00. The molecular formula is C10H18N2O. The summed E-state index contributed by atoms with van der Waals surface area (Å²) in [5.41, 5.74) is 1.15. The summed E-state index contributed by atoms with van der Waals surface area (Å²) in [5, 5.41) is 9.09. The molecule has 0 aliphatic rings. The highest BCUT2D eigenvalue weighted by atomic mass is 16.3. The molecule has 0 radical (unpaired) electrons. The lowest BCUT2D eigenvalue weighted by Crippen LogP contribution is -2.05. The van der Waals surface area contributed by atoms with Crippen molar-refractivity contribution < 1.29 is 5.11 Å². The molecule has 1 aromatic rings. The molecule has 1 heterocycles. The van der Waals surface area contributed by atoms with Gasteiger partial charge in [-0.3, -0.25) is 0 Å². The predicted molar refractivity (Wildman–Crippen MR) is 52.5 cm³/mol. The van der Waals surface area contributed by atoms with E-state index in [0.29, 0.717) is 0 Å². The van der Waals surface area contributed by atoms with E-state index in [9.17, 15) is 0 Å². The van der Waals surface area contributed by atoms with Crippen LogP contribution in [-0.2, 0) is 13.0 Å². The summed E-state index contributed by atoms with van der Waals surface area (Å²) in [6.07, 6.45) is 6.65. The zero-order chi connectivity index (χ0) is 9.68. The van der Waals surface area contributed by atoms with Gasteiger partial charge in [0.2, 0.25) is 0 Å². The highest BCUT2D eigenvalue weighted by Gasteiger charge is 1.99. The lowest BCUT2D eigenvalue weighted by molar-refractivity contribution is 0.178. The summed E-state index contributed by atoms with van der Waals surface area (Å²) >= 11 is 0. The molecule has 0 aromatic carbocycles. The minimum Gasteiger partial charge on any atom is -0.393 e. The van der Waals surface area contributed by atoms with Crippen LogP contribution in [0.1, 0.15) is 32.4 Å². The Balaban J connectivity index is 2.39. The minimum atomic E-state index is -0.225. The van der Waals surface area contributed by atoms with Crippen LogP contribution in [0.3, 0.4) is 0 Å². The summed E-state index contributed by atoms with van der Waals surface area (Å²) in [6.45, 7) is 4.81. The second-order valence-electron chi connectivity index (χ2n) is 3.49. The van der Waals surface area contributed by atoms with Gasteiger partial charge in [0, 0.05) is 12.7 Å². The van der Waals surface area contributed by atoms with Crippen LogP contribution >= 0.6 is 0 Å². The number of nitrogens with zero attached hydrogens (tertiary/aromatic N) is 2. The minimum absolute atomic E-state index is 0.225. The fourth-order valence-electron chi connectivity index (χ4n) is 1.25. The Bertz CT molecular complexity index is 243. The Morgan fingerprint density at radius 1 is 1.62 bits per heavy atom. The van der Waals surface area contributed by atoms with Crippen LogP contribution in [-0.4, -0.2) is 20.8 Å². The Morgan fingerprint density at radius 3 is 3.00 bits per heavy atom. The molecular weight excluding hydrogens is 164 g/mol. The SMILES string of the molecule is CCCc1cn(CCC(C)O)cn1. The first kappa shape index (κ1) is 10.3. The zero-order valence-electron chi connectivity index (χ0n) is 8.40. The van der Waals surface area contributed by atoms with Crippen molar-refractivity contribution in [2.45, 2.75) is 45.8 Å². The van der Waals surface area contributed by atoms with Crippen molar-refractivity contribution in [3.63, 3.8) is 0 Å². The van der Waals surface area contributed by atoms with Gasteiger partial charge >= 0.3 is 0 Å². The maximum atomic E-state index is 9.09. The molecule has 0 amide bonds. The van der Waals surface area contributed by atoms with Gasteiger partial charge < -0.3 is 9.67 Å². The first-order chi connectivity index (χ1) is 6.22. The maximum absolute atomic E-state index is 9.09. The van der Waals surface area contributed by atoms with Crippen molar-refractivity contribution >= 4 is 0 Å². The summed E-state index contributed by atoms with van der Waals surface area (Å²) in [5.74, 6) is 0. The van der Waals surface area contributed by atoms with E-state index in [2.05, 4.69) is 18.1 Å². The van der Waals surface area contributed by atoms with Crippen molar-refractivity contribution in [3.8, 4) is 0 Å². The second kappa shape index (κ2) is 5.02. The van der Waals surface area contributed by atoms with Gasteiger partial charge in [0.15, 0.2) is 0 Å². The van der Waals surface area contributed by atoms with Crippen LogP contribution in [0.25, 0.3) is 0 Å². The molecule has 1 unspecified atom stereocenters. The van der Waals surface area contributed by atoms with E-state index in [-0.39, 0.29) is 6.10 Å². The van der Waals surface area contributed by atoms with Gasteiger partial charge in [-0.1, -0.05) is 13.3 Å². The van der Waals surface area contributed by atoms with Crippen LogP contribution in [0.2, 0.25) is 0 Å². The van der Waals surface area contributed by atoms with Crippen molar-refractivity contribution in [2.24, 2.45) is 0 Å². The number of aromatic nitrogens is 2. The summed E-state index contributed by atoms with van der Waals surface area (Å²) in [7, 11) is 0. The topological polar surface area (TPSA) is 38.0 Å². The van der Waals surface area contributed by atoms with E-state index in [1.165, 1.54) is 0 Å². The van der Waals surface area contributed by atoms with Gasteiger partial charge in [-0.25, -0.2) is 4.98 Å². The van der Waals surface area contributed by atoms with Gasteiger partial charge in [0.05, 0.1) is 18.1 Å². The van der Waals surface area contributed by atoms with E-state index in [0.717, 1.165) is 31.5 Å². The molecule has 0 saturated carbocycles. The lowest BCUT2D eigenvalue weighted by Gasteiger charge is -2.03. The van der Waals surface area contributed by atoms with E-state index >= 15 is 0 Å². The Morgan fingerprint density at radius 2 is 2.38 bits per heavy atom. The van der Waals surface area contributed by atoms with Crippen molar-refractivity contribution in [1.29, 1.82) is 0 Å². The Kier molecular flexibility index (Phi) is 3.96. The molecule has 1 rings (SSSR count). The molecule has 3 nitrogen and oxygen atoms in total. The third kappa shape index (κ3) is 3.59. The molecule has 3 heteroatoms. The van der Waals surface area contributed by atoms with E-state index in [1.54, 1.807) is 0 Å². The molecule has 0 fully saturated rings. The van der Waals surface area contributed by atoms with Gasteiger partial charge in [-0.05, 0) is 19.8 Å². The van der Waals surface area contributed by atoms with Crippen molar-refractivity contribution in [3.05, 3.63) is 18.2 Å². The molecule has 0 saturated heterocycles. The van der Waals surface area contributed by atoms with Crippen LogP contribution in [0.15, 0.2) is 12.5 Å². The molecule has 1 N–H and O–H groups in total. The van der Waals surface area contributed by atoms with E-state index in [4.69, 9.17) is 5.11 Å². The average molecular weight is 182 g/mol. The van der Waals surface area contributed by atoms with Gasteiger partial charge in [-0.15, -0.1) is 0 Å². The standard InChI is InChI=1S/C10H18N2O/c1-3-4-10-7-12(8-11-10)6-5-9(2)13/h7-9,13H,3-6H2,1-2H3. The zero-order valence-corrected chi connectivity index (χ0v) is 8.40. The normalized spacial score (nSPS) is 13.2. The lowest BCUT2D eigenvalue weighted by atomic mass is 10.3. The molecule has 0 spiro atoms. The summed E-state index contributed by atoms with van der Waals surface area (Å²) in [6, 6.07) is 0. The van der Waals surface area contributed by atoms with Crippen LogP contribution in [0, 0.1) is 0 Å². The number of rotatable bonds is 5.